The number of rotatable bonds is 6. The Morgan fingerprint density at radius 3 is 2.58 bits per heavy atom. The molecule has 1 aliphatic carbocycles. The molecule has 2 fully saturated rings. The smallest absolute Gasteiger partial charge is 0.336 e. The first-order valence-corrected chi connectivity index (χ1v) is 11.6. The van der Waals surface area contributed by atoms with Gasteiger partial charge in [-0.15, -0.1) is 0 Å². The molecule has 3 aliphatic rings. The number of fused-ring (bicyclic) bond motifs is 1. The van der Waals surface area contributed by atoms with Gasteiger partial charge < -0.3 is 18.9 Å². The number of carbonyl (C=O) groups excluding carboxylic acids is 2. The Morgan fingerprint density at radius 1 is 1.15 bits per heavy atom. The first-order valence-electron chi connectivity index (χ1n) is 11.6. The molecule has 3 atom stereocenters. The highest BCUT2D eigenvalue weighted by atomic mass is 16.6. The number of hydrogen-bond donors (Lipinski definition) is 0. The Hall–Kier alpha value is -2.67. The fourth-order valence-corrected chi connectivity index (χ4v) is 5.29. The van der Waals surface area contributed by atoms with E-state index in [0.29, 0.717) is 42.2 Å². The third-order valence-electron chi connectivity index (χ3n) is 6.77. The van der Waals surface area contributed by atoms with Gasteiger partial charge in [-0.25, -0.2) is 4.79 Å². The van der Waals surface area contributed by atoms with Gasteiger partial charge in [-0.1, -0.05) is 19.9 Å². The summed E-state index contributed by atoms with van der Waals surface area (Å²) >= 11 is 0. The zero-order valence-electron chi connectivity index (χ0n) is 20.1. The summed E-state index contributed by atoms with van der Waals surface area (Å²) in [6.07, 6.45) is 2.93. The molecule has 0 radical (unpaired) electrons. The van der Waals surface area contributed by atoms with Crippen LogP contribution in [0.1, 0.15) is 57.9 Å². The molecule has 1 saturated heterocycles. The second-order valence-corrected chi connectivity index (χ2v) is 9.89. The van der Waals surface area contributed by atoms with Gasteiger partial charge in [0, 0.05) is 30.4 Å². The number of ether oxygens (including phenoxy) is 4. The third-order valence-corrected chi connectivity index (χ3v) is 6.77. The van der Waals surface area contributed by atoms with E-state index in [0.717, 1.165) is 24.1 Å². The quantitative estimate of drug-likeness (QED) is 0.597. The largest absolute Gasteiger partial charge is 0.493 e. The van der Waals surface area contributed by atoms with Crippen LogP contribution in [0.15, 0.2) is 34.5 Å². The average molecular weight is 456 g/mol. The molecular weight excluding hydrogens is 422 g/mol. The van der Waals surface area contributed by atoms with Crippen molar-refractivity contribution in [1.82, 2.24) is 0 Å². The van der Waals surface area contributed by atoms with Gasteiger partial charge in [-0.05, 0) is 49.3 Å². The summed E-state index contributed by atoms with van der Waals surface area (Å²) in [5.74, 6) is -0.189. The van der Waals surface area contributed by atoms with Gasteiger partial charge >= 0.3 is 5.97 Å². The van der Waals surface area contributed by atoms with E-state index in [9.17, 15) is 9.59 Å². The Morgan fingerprint density at radius 2 is 1.91 bits per heavy atom. The van der Waals surface area contributed by atoms with Crippen molar-refractivity contribution in [2.45, 2.75) is 58.5 Å². The fraction of sp³-hybridized carbons (Fsp3) is 0.577. The van der Waals surface area contributed by atoms with Crippen LogP contribution in [-0.2, 0) is 19.1 Å². The van der Waals surface area contributed by atoms with E-state index >= 15 is 0 Å². The lowest BCUT2D eigenvalue weighted by atomic mass is 9.63. The number of carbonyl (C=O) groups is 2. The van der Waals surface area contributed by atoms with Crippen molar-refractivity contribution < 1.29 is 28.5 Å². The van der Waals surface area contributed by atoms with Crippen LogP contribution in [0, 0.1) is 11.3 Å². The van der Waals surface area contributed by atoms with Gasteiger partial charge in [0.1, 0.15) is 12.4 Å². The van der Waals surface area contributed by atoms with Crippen LogP contribution in [0.4, 0.5) is 0 Å². The number of ketones is 1. The van der Waals surface area contributed by atoms with Crippen molar-refractivity contribution in [3.8, 4) is 11.5 Å². The normalized spacial score (nSPS) is 26.5. The zero-order chi connectivity index (χ0) is 23.8. The maximum Gasteiger partial charge on any atom is 0.336 e. The molecule has 4 rings (SSSR count). The molecule has 1 aromatic rings. The highest BCUT2D eigenvalue weighted by Gasteiger charge is 2.48. The molecule has 0 aromatic heterocycles. The van der Waals surface area contributed by atoms with E-state index in [2.05, 4.69) is 13.8 Å². The summed E-state index contributed by atoms with van der Waals surface area (Å²) in [5.41, 5.74) is 2.52. The SMILES string of the molecule is COc1ccc([C@@H]2C(C(=O)OC[C@@H]3CCCO3)=C(C)N=C3CC(C)(C)CC(=O)[C@H]32)cc1OC. The average Bonchev–Trinajstić information content (AvgIpc) is 3.28. The van der Waals surface area contributed by atoms with Crippen molar-refractivity contribution in [1.29, 1.82) is 0 Å². The maximum absolute atomic E-state index is 13.4. The van der Waals surface area contributed by atoms with Crippen LogP contribution < -0.4 is 9.47 Å². The van der Waals surface area contributed by atoms with Gasteiger partial charge in [0.15, 0.2) is 11.5 Å². The molecule has 178 valence electrons. The number of allylic oxidation sites excluding steroid dienone is 1. The van der Waals surface area contributed by atoms with Gasteiger partial charge in [0.2, 0.25) is 0 Å². The monoisotopic (exact) mass is 455 g/mol. The van der Waals surface area contributed by atoms with Crippen LogP contribution in [0.5, 0.6) is 11.5 Å². The van der Waals surface area contributed by atoms with E-state index in [1.807, 2.05) is 25.1 Å². The summed E-state index contributed by atoms with van der Waals surface area (Å²) in [7, 11) is 3.15. The Balaban J connectivity index is 1.76. The number of nitrogens with zero attached hydrogens (tertiary/aromatic N) is 1. The molecule has 0 unspecified atom stereocenters. The van der Waals surface area contributed by atoms with E-state index in [4.69, 9.17) is 23.9 Å². The van der Waals surface area contributed by atoms with Crippen LogP contribution in [0.3, 0.4) is 0 Å². The summed E-state index contributed by atoms with van der Waals surface area (Å²) < 4.78 is 22.2. The Labute approximate surface area is 195 Å². The number of methoxy groups -OCH3 is 2. The molecule has 7 heteroatoms. The number of aliphatic imine (C=N–C) groups is 1. The minimum Gasteiger partial charge on any atom is -0.493 e. The molecule has 2 heterocycles. The van der Waals surface area contributed by atoms with Crippen molar-refractivity contribution in [3.05, 3.63) is 35.0 Å². The first kappa shape index (κ1) is 23.5. The predicted molar refractivity (Wildman–Crippen MR) is 124 cm³/mol. The summed E-state index contributed by atoms with van der Waals surface area (Å²) in [6.45, 7) is 6.89. The lowest BCUT2D eigenvalue weighted by molar-refractivity contribution is -0.142. The van der Waals surface area contributed by atoms with Crippen molar-refractivity contribution in [2.24, 2.45) is 16.3 Å². The number of esters is 1. The van der Waals surface area contributed by atoms with E-state index in [1.54, 1.807) is 14.2 Å². The highest BCUT2D eigenvalue weighted by molar-refractivity contribution is 6.12. The van der Waals surface area contributed by atoms with Crippen LogP contribution in [0.25, 0.3) is 0 Å². The molecule has 0 N–H and O–H groups in total. The van der Waals surface area contributed by atoms with Gasteiger partial charge in [0.25, 0.3) is 0 Å². The molecular formula is C26H33NO6. The van der Waals surface area contributed by atoms with Crippen LogP contribution in [-0.4, -0.2) is 51.0 Å². The van der Waals surface area contributed by atoms with E-state index in [1.165, 1.54) is 0 Å². The first-order chi connectivity index (χ1) is 15.7. The van der Waals surface area contributed by atoms with E-state index < -0.39 is 17.8 Å². The fourth-order valence-electron chi connectivity index (χ4n) is 5.29. The lowest BCUT2D eigenvalue weighted by Gasteiger charge is -2.41. The molecule has 7 nitrogen and oxygen atoms in total. The van der Waals surface area contributed by atoms with Gasteiger partial charge in [-0.2, -0.15) is 0 Å². The molecule has 1 saturated carbocycles. The predicted octanol–water partition coefficient (Wildman–Crippen LogP) is 4.24. The van der Waals surface area contributed by atoms with Crippen molar-refractivity contribution >= 4 is 17.5 Å². The zero-order valence-corrected chi connectivity index (χ0v) is 20.1. The second kappa shape index (κ2) is 9.29. The van der Waals surface area contributed by atoms with Crippen molar-refractivity contribution in [2.75, 3.05) is 27.4 Å². The van der Waals surface area contributed by atoms with Gasteiger partial charge in [0.05, 0.1) is 31.8 Å². The number of benzene rings is 1. The standard InChI is InChI=1S/C26H33NO6/c1-15-22(25(29)33-14-17-7-6-10-32-17)23(16-8-9-20(30-4)21(11-16)31-5)24-18(27-15)12-26(2,3)13-19(24)28/h8-9,11,17,23-24H,6-7,10,12-14H2,1-5H3/t17-,23+,24-/m0/s1. The van der Waals surface area contributed by atoms with Gasteiger partial charge in [-0.3, -0.25) is 9.79 Å². The van der Waals surface area contributed by atoms with E-state index in [-0.39, 0.29) is 23.9 Å². The summed E-state index contributed by atoms with van der Waals surface area (Å²) in [5, 5.41) is 0. The number of hydrogen-bond acceptors (Lipinski definition) is 7. The van der Waals surface area contributed by atoms with Crippen LogP contribution in [0.2, 0.25) is 0 Å². The highest BCUT2D eigenvalue weighted by Crippen LogP contribution is 2.48. The minimum absolute atomic E-state index is 0.0749. The molecule has 0 amide bonds. The Bertz CT molecular complexity index is 1000. The molecule has 1 aromatic carbocycles. The minimum atomic E-state index is -0.495. The second-order valence-electron chi connectivity index (χ2n) is 9.89. The lowest BCUT2D eigenvalue weighted by Crippen LogP contribution is -2.44. The summed E-state index contributed by atoms with van der Waals surface area (Å²) in [6, 6.07) is 5.55. The van der Waals surface area contributed by atoms with Crippen LogP contribution >= 0.6 is 0 Å². The summed E-state index contributed by atoms with van der Waals surface area (Å²) in [4.78, 5) is 31.6. The topological polar surface area (TPSA) is 83.4 Å². The molecule has 33 heavy (non-hydrogen) atoms. The number of Topliss-reactive ketones (excluding diaryl/α,β-unsaturated/α-hetero) is 1. The third kappa shape index (κ3) is 4.69. The molecule has 2 aliphatic heterocycles. The Kier molecular flexibility index (Phi) is 6.61. The molecule has 0 spiro atoms. The maximum atomic E-state index is 13.4. The molecule has 0 bridgehead atoms. The van der Waals surface area contributed by atoms with Crippen molar-refractivity contribution in [3.63, 3.8) is 0 Å².